The highest BCUT2D eigenvalue weighted by molar-refractivity contribution is 5.56. The predicted octanol–water partition coefficient (Wildman–Crippen LogP) is 2.19. The molecular weight excluding hydrogens is 218 g/mol. The van der Waals surface area contributed by atoms with Gasteiger partial charge in [0.2, 0.25) is 0 Å². The molecule has 0 amide bonds. The lowest BCUT2D eigenvalue weighted by atomic mass is 10.3. The summed E-state index contributed by atoms with van der Waals surface area (Å²) >= 11 is 0. The summed E-state index contributed by atoms with van der Waals surface area (Å²) in [6.07, 6.45) is 3.44. The minimum Gasteiger partial charge on any atom is -0.492 e. The van der Waals surface area contributed by atoms with Crippen molar-refractivity contribution in [1.29, 1.82) is 0 Å². The van der Waals surface area contributed by atoms with E-state index in [4.69, 9.17) is 15.2 Å². The summed E-state index contributed by atoms with van der Waals surface area (Å²) in [5.74, 6) is 1.99. The first-order valence-electron chi connectivity index (χ1n) is 5.38. The second-order valence-electron chi connectivity index (χ2n) is 3.58. The van der Waals surface area contributed by atoms with Crippen LogP contribution in [0.2, 0.25) is 0 Å². The number of aryl methyl sites for hydroxylation is 1. The molecule has 0 saturated carbocycles. The average Bonchev–Trinajstić information content (AvgIpc) is 2.69. The van der Waals surface area contributed by atoms with Gasteiger partial charge in [-0.05, 0) is 19.1 Å². The van der Waals surface area contributed by atoms with E-state index >= 15 is 0 Å². The molecule has 0 unspecified atom stereocenters. The molecule has 90 valence electrons. The molecule has 0 aliphatic rings. The van der Waals surface area contributed by atoms with Gasteiger partial charge < -0.3 is 15.2 Å². The van der Waals surface area contributed by atoms with Gasteiger partial charge in [-0.1, -0.05) is 0 Å². The molecule has 2 rings (SSSR count). The van der Waals surface area contributed by atoms with Crippen LogP contribution in [0.25, 0.3) is 0 Å². The number of hydrogen-bond acceptors (Lipinski definition) is 4. The molecule has 0 aliphatic carbocycles. The standard InChI is InChI=1S/C12H15N3O2/c1-3-16-12-6-9(4-5-11(12)13)17-10-7-14-15(2)8-10/h4-8H,3,13H2,1-2H3. The number of ether oxygens (including phenoxy) is 2. The van der Waals surface area contributed by atoms with Gasteiger partial charge in [0.15, 0.2) is 5.75 Å². The van der Waals surface area contributed by atoms with Crippen LogP contribution in [0, 0.1) is 0 Å². The fraction of sp³-hybridized carbons (Fsp3) is 0.250. The highest BCUT2D eigenvalue weighted by atomic mass is 16.5. The average molecular weight is 233 g/mol. The van der Waals surface area contributed by atoms with Crippen LogP contribution in [-0.2, 0) is 7.05 Å². The van der Waals surface area contributed by atoms with E-state index in [0.717, 1.165) is 0 Å². The van der Waals surface area contributed by atoms with Crippen molar-refractivity contribution < 1.29 is 9.47 Å². The van der Waals surface area contributed by atoms with E-state index in [1.54, 1.807) is 35.3 Å². The molecule has 2 N–H and O–H groups in total. The van der Waals surface area contributed by atoms with Crippen LogP contribution in [0.15, 0.2) is 30.6 Å². The van der Waals surface area contributed by atoms with Crippen molar-refractivity contribution >= 4 is 5.69 Å². The largest absolute Gasteiger partial charge is 0.492 e. The van der Waals surface area contributed by atoms with Gasteiger partial charge in [-0.3, -0.25) is 4.68 Å². The molecule has 5 nitrogen and oxygen atoms in total. The Morgan fingerprint density at radius 1 is 1.35 bits per heavy atom. The van der Waals surface area contributed by atoms with Crippen LogP contribution in [0.5, 0.6) is 17.2 Å². The Hall–Kier alpha value is -2.17. The molecule has 0 spiro atoms. The first-order chi connectivity index (χ1) is 8.19. The van der Waals surface area contributed by atoms with Crippen molar-refractivity contribution in [2.45, 2.75) is 6.92 Å². The lowest BCUT2D eigenvalue weighted by molar-refractivity contribution is 0.340. The summed E-state index contributed by atoms with van der Waals surface area (Å²) < 4.78 is 12.7. The van der Waals surface area contributed by atoms with Gasteiger partial charge in [-0.15, -0.1) is 0 Å². The van der Waals surface area contributed by atoms with Gasteiger partial charge in [-0.25, -0.2) is 0 Å². The molecule has 2 aromatic rings. The smallest absolute Gasteiger partial charge is 0.165 e. The Kier molecular flexibility index (Phi) is 3.18. The first kappa shape index (κ1) is 11.3. The molecule has 0 saturated heterocycles. The lowest BCUT2D eigenvalue weighted by Crippen LogP contribution is -1.97. The molecule has 5 heteroatoms. The van der Waals surface area contributed by atoms with Gasteiger partial charge in [0.25, 0.3) is 0 Å². The third-order valence-corrected chi connectivity index (χ3v) is 2.20. The normalized spacial score (nSPS) is 10.2. The first-order valence-corrected chi connectivity index (χ1v) is 5.38. The highest BCUT2D eigenvalue weighted by Crippen LogP contribution is 2.29. The van der Waals surface area contributed by atoms with Crippen LogP contribution in [0.4, 0.5) is 5.69 Å². The second kappa shape index (κ2) is 4.78. The minimum absolute atomic E-state index is 0.570. The number of benzene rings is 1. The third-order valence-electron chi connectivity index (χ3n) is 2.20. The van der Waals surface area contributed by atoms with Crippen LogP contribution in [0.3, 0.4) is 0 Å². The Morgan fingerprint density at radius 2 is 2.18 bits per heavy atom. The lowest BCUT2D eigenvalue weighted by Gasteiger charge is -2.09. The molecule has 0 radical (unpaired) electrons. The summed E-state index contributed by atoms with van der Waals surface area (Å²) in [6.45, 7) is 2.48. The Bertz CT molecular complexity index is 508. The van der Waals surface area contributed by atoms with Gasteiger partial charge in [0.05, 0.1) is 24.7 Å². The van der Waals surface area contributed by atoms with E-state index in [-0.39, 0.29) is 0 Å². The minimum atomic E-state index is 0.570. The Balaban J connectivity index is 2.18. The summed E-state index contributed by atoms with van der Waals surface area (Å²) in [6, 6.07) is 5.33. The SMILES string of the molecule is CCOc1cc(Oc2cnn(C)c2)ccc1N. The molecule has 0 fully saturated rings. The van der Waals surface area contributed by atoms with E-state index in [2.05, 4.69) is 5.10 Å². The van der Waals surface area contributed by atoms with Gasteiger partial charge in [0, 0.05) is 13.1 Å². The van der Waals surface area contributed by atoms with Crippen molar-refractivity contribution in [2.24, 2.45) is 7.05 Å². The van der Waals surface area contributed by atoms with E-state index in [1.807, 2.05) is 14.0 Å². The quantitative estimate of drug-likeness (QED) is 0.822. The van der Waals surface area contributed by atoms with Gasteiger partial charge >= 0.3 is 0 Å². The third kappa shape index (κ3) is 2.69. The van der Waals surface area contributed by atoms with Crippen LogP contribution >= 0.6 is 0 Å². The number of anilines is 1. The van der Waals surface area contributed by atoms with E-state index in [9.17, 15) is 0 Å². The number of rotatable bonds is 4. The summed E-state index contributed by atoms with van der Waals surface area (Å²) in [7, 11) is 1.83. The van der Waals surface area contributed by atoms with Crippen molar-refractivity contribution in [3.05, 3.63) is 30.6 Å². The van der Waals surface area contributed by atoms with Crippen molar-refractivity contribution in [1.82, 2.24) is 9.78 Å². The molecular formula is C12H15N3O2. The molecule has 1 aromatic heterocycles. The number of aromatic nitrogens is 2. The molecule has 0 aliphatic heterocycles. The fourth-order valence-corrected chi connectivity index (χ4v) is 1.45. The fourth-order valence-electron chi connectivity index (χ4n) is 1.45. The van der Waals surface area contributed by atoms with Crippen molar-refractivity contribution in [2.75, 3.05) is 12.3 Å². The summed E-state index contributed by atoms with van der Waals surface area (Å²) in [5.41, 5.74) is 6.38. The van der Waals surface area contributed by atoms with E-state index in [0.29, 0.717) is 29.5 Å². The molecule has 1 heterocycles. The second-order valence-corrected chi connectivity index (χ2v) is 3.58. The maximum atomic E-state index is 5.78. The molecule has 1 aromatic carbocycles. The highest BCUT2D eigenvalue weighted by Gasteiger charge is 2.04. The topological polar surface area (TPSA) is 62.3 Å². The zero-order chi connectivity index (χ0) is 12.3. The van der Waals surface area contributed by atoms with Crippen LogP contribution in [-0.4, -0.2) is 16.4 Å². The Morgan fingerprint density at radius 3 is 2.82 bits per heavy atom. The number of nitrogens with zero attached hydrogens (tertiary/aromatic N) is 2. The number of hydrogen-bond donors (Lipinski definition) is 1. The summed E-state index contributed by atoms with van der Waals surface area (Å²) in [4.78, 5) is 0. The number of nitrogen functional groups attached to an aromatic ring is 1. The summed E-state index contributed by atoms with van der Waals surface area (Å²) in [5, 5.41) is 4.02. The van der Waals surface area contributed by atoms with E-state index < -0.39 is 0 Å². The molecule has 0 atom stereocenters. The monoisotopic (exact) mass is 233 g/mol. The van der Waals surface area contributed by atoms with Gasteiger partial charge in [-0.2, -0.15) is 5.10 Å². The maximum Gasteiger partial charge on any atom is 0.165 e. The van der Waals surface area contributed by atoms with Crippen LogP contribution in [0.1, 0.15) is 6.92 Å². The predicted molar refractivity (Wildman–Crippen MR) is 65.3 cm³/mol. The van der Waals surface area contributed by atoms with Crippen molar-refractivity contribution in [3.8, 4) is 17.2 Å². The van der Waals surface area contributed by atoms with E-state index in [1.165, 1.54) is 0 Å². The zero-order valence-electron chi connectivity index (χ0n) is 9.88. The van der Waals surface area contributed by atoms with Crippen molar-refractivity contribution in [3.63, 3.8) is 0 Å². The maximum absolute atomic E-state index is 5.78. The van der Waals surface area contributed by atoms with Crippen LogP contribution < -0.4 is 15.2 Å². The zero-order valence-corrected chi connectivity index (χ0v) is 9.88. The number of nitrogens with two attached hydrogens (primary N) is 1. The molecule has 0 bridgehead atoms. The molecule has 17 heavy (non-hydrogen) atoms. The Labute approximate surface area is 99.8 Å². The van der Waals surface area contributed by atoms with Gasteiger partial charge in [0.1, 0.15) is 11.5 Å².